The van der Waals surface area contributed by atoms with Crippen LogP contribution in [0.3, 0.4) is 0 Å². The topological polar surface area (TPSA) is 39.9 Å². The summed E-state index contributed by atoms with van der Waals surface area (Å²) in [6.07, 6.45) is 3.28. The van der Waals surface area contributed by atoms with Crippen LogP contribution in [0.4, 0.5) is 4.39 Å². The first-order valence-electron chi connectivity index (χ1n) is 5.88. The van der Waals surface area contributed by atoms with Crippen LogP contribution in [0.25, 0.3) is 0 Å². The van der Waals surface area contributed by atoms with Gasteiger partial charge in [0.2, 0.25) is 4.73 Å². The van der Waals surface area contributed by atoms with Gasteiger partial charge in [0, 0.05) is 11.1 Å². The van der Waals surface area contributed by atoms with E-state index in [0.29, 0.717) is 22.5 Å². The predicted molar refractivity (Wildman–Crippen MR) is 72.1 cm³/mol. The summed E-state index contributed by atoms with van der Waals surface area (Å²) >= 11 is 9.01. The third-order valence-electron chi connectivity index (χ3n) is 3.04. The van der Waals surface area contributed by atoms with Gasteiger partial charge < -0.3 is 4.74 Å². The van der Waals surface area contributed by atoms with E-state index >= 15 is 0 Å². The molecule has 1 aliphatic rings. The Morgan fingerprint density at radius 3 is 2.79 bits per heavy atom. The Kier molecular flexibility index (Phi) is 3.45. The van der Waals surface area contributed by atoms with Crippen LogP contribution < -0.4 is 4.74 Å². The first-order chi connectivity index (χ1) is 9.11. The summed E-state index contributed by atoms with van der Waals surface area (Å²) in [7, 11) is 0. The minimum atomic E-state index is -0.448. The van der Waals surface area contributed by atoms with Gasteiger partial charge in [0.05, 0.1) is 6.04 Å². The van der Waals surface area contributed by atoms with Crippen LogP contribution in [0.15, 0.2) is 22.9 Å². The molecule has 1 saturated carbocycles. The number of hydrogen-bond donors (Lipinski definition) is 0. The van der Waals surface area contributed by atoms with Crippen molar-refractivity contribution in [3.05, 3.63) is 33.8 Å². The largest absolute Gasteiger partial charge is 0.424 e. The number of nitrogens with zero attached hydrogens (tertiary/aromatic N) is 3. The van der Waals surface area contributed by atoms with E-state index in [1.807, 2.05) is 0 Å². The van der Waals surface area contributed by atoms with Crippen molar-refractivity contribution in [3.63, 3.8) is 0 Å². The van der Waals surface area contributed by atoms with E-state index in [-0.39, 0.29) is 5.02 Å². The van der Waals surface area contributed by atoms with Gasteiger partial charge in [0.15, 0.2) is 0 Å². The quantitative estimate of drug-likeness (QED) is 0.829. The lowest BCUT2D eigenvalue weighted by molar-refractivity contribution is 0.257. The molecule has 100 valence electrons. The fraction of sp³-hybridized carbons (Fsp3) is 0.333. The van der Waals surface area contributed by atoms with E-state index in [9.17, 15) is 4.39 Å². The molecule has 0 atom stereocenters. The van der Waals surface area contributed by atoms with Gasteiger partial charge in [-0.1, -0.05) is 11.6 Å². The van der Waals surface area contributed by atoms with E-state index in [1.165, 1.54) is 18.6 Å². The van der Waals surface area contributed by atoms with Gasteiger partial charge in [-0.15, -0.1) is 5.10 Å². The Morgan fingerprint density at radius 1 is 1.37 bits per heavy atom. The van der Waals surface area contributed by atoms with Crippen molar-refractivity contribution in [2.45, 2.75) is 25.3 Å². The van der Waals surface area contributed by atoms with Crippen molar-refractivity contribution in [1.82, 2.24) is 14.8 Å². The summed E-state index contributed by atoms with van der Waals surface area (Å²) in [4.78, 5) is 4.15. The van der Waals surface area contributed by atoms with Crippen molar-refractivity contribution < 1.29 is 9.13 Å². The molecule has 0 N–H and O–H groups in total. The second kappa shape index (κ2) is 5.09. The summed E-state index contributed by atoms with van der Waals surface area (Å²) in [6, 6.07) is 4.68. The highest BCUT2D eigenvalue weighted by molar-refractivity contribution is 9.10. The van der Waals surface area contributed by atoms with Crippen molar-refractivity contribution >= 4 is 27.5 Å². The second-order valence-electron chi connectivity index (χ2n) is 4.40. The number of halogens is 3. The Bertz CT molecular complexity index is 595. The molecule has 0 saturated heterocycles. The van der Waals surface area contributed by atoms with Gasteiger partial charge >= 0.3 is 6.01 Å². The first kappa shape index (κ1) is 12.9. The number of aromatic nitrogens is 3. The Labute approximate surface area is 122 Å². The van der Waals surface area contributed by atoms with Gasteiger partial charge in [-0.05, 0) is 47.3 Å². The van der Waals surface area contributed by atoms with Gasteiger partial charge in [0.1, 0.15) is 11.6 Å². The average Bonchev–Trinajstić information content (AvgIpc) is 2.55. The predicted octanol–water partition coefficient (Wildman–Crippen LogP) is 4.35. The Balaban J connectivity index is 1.89. The van der Waals surface area contributed by atoms with Crippen LogP contribution in [0, 0.1) is 5.82 Å². The fourth-order valence-electron chi connectivity index (χ4n) is 1.92. The maximum atomic E-state index is 13.3. The van der Waals surface area contributed by atoms with Gasteiger partial charge in [-0.2, -0.15) is 4.98 Å². The molecule has 1 aromatic heterocycles. The van der Waals surface area contributed by atoms with Crippen molar-refractivity contribution in [2.75, 3.05) is 0 Å². The normalized spacial score (nSPS) is 15.3. The molecule has 0 unspecified atom stereocenters. The van der Waals surface area contributed by atoms with Crippen LogP contribution in [0.2, 0.25) is 5.02 Å². The smallest absolute Gasteiger partial charge is 0.321 e. The molecule has 1 aromatic carbocycles. The van der Waals surface area contributed by atoms with Gasteiger partial charge in [-0.25, -0.2) is 9.07 Å². The van der Waals surface area contributed by atoms with Crippen molar-refractivity contribution in [2.24, 2.45) is 0 Å². The fourth-order valence-corrected chi connectivity index (χ4v) is 2.45. The molecule has 2 aromatic rings. The summed E-state index contributed by atoms with van der Waals surface area (Å²) in [5.41, 5.74) is 0. The van der Waals surface area contributed by atoms with Crippen molar-refractivity contribution in [3.8, 4) is 11.8 Å². The van der Waals surface area contributed by atoms with E-state index in [1.54, 1.807) is 10.7 Å². The highest BCUT2D eigenvalue weighted by Gasteiger charge is 2.25. The van der Waals surface area contributed by atoms with Crippen LogP contribution in [-0.4, -0.2) is 14.8 Å². The van der Waals surface area contributed by atoms with Crippen molar-refractivity contribution in [1.29, 1.82) is 0 Å². The molecule has 0 bridgehead atoms. The maximum Gasteiger partial charge on any atom is 0.321 e. The highest BCUT2D eigenvalue weighted by atomic mass is 79.9. The molecule has 0 aliphatic heterocycles. The SMILES string of the molecule is Fc1cc(Cl)cc(Oc2nc(Br)nn2C2CCC2)c1. The zero-order valence-corrected chi connectivity index (χ0v) is 12.2. The van der Waals surface area contributed by atoms with Crippen LogP contribution >= 0.6 is 27.5 Å². The van der Waals surface area contributed by atoms with E-state index in [4.69, 9.17) is 16.3 Å². The molecule has 1 heterocycles. The molecule has 4 nitrogen and oxygen atoms in total. The molecule has 0 radical (unpaired) electrons. The lowest BCUT2D eigenvalue weighted by atomic mass is 9.93. The minimum absolute atomic E-state index is 0.281. The van der Waals surface area contributed by atoms with E-state index in [2.05, 4.69) is 26.0 Å². The summed E-state index contributed by atoms with van der Waals surface area (Å²) in [5, 5.41) is 4.53. The Morgan fingerprint density at radius 2 is 2.16 bits per heavy atom. The maximum absolute atomic E-state index is 13.3. The van der Waals surface area contributed by atoms with Gasteiger partial charge in [-0.3, -0.25) is 0 Å². The minimum Gasteiger partial charge on any atom is -0.424 e. The number of hydrogen-bond acceptors (Lipinski definition) is 3. The number of rotatable bonds is 3. The lowest BCUT2D eigenvalue weighted by Gasteiger charge is -2.25. The van der Waals surface area contributed by atoms with Crippen LogP contribution in [0.1, 0.15) is 25.3 Å². The standard InChI is InChI=1S/C12H10BrClFN3O/c13-11-16-12(18(17-11)9-2-1-3-9)19-10-5-7(14)4-8(15)6-10/h4-6,9H,1-3H2. The van der Waals surface area contributed by atoms with Crippen LogP contribution in [-0.2, 0) is 0 Å². The monoisotopic (exact) mass is 345 g/mol. The number of ether oxygens (including phenoxy) is 1. The lowest BCUT2D eigenvalue weighted by Crippen LogP contribution is -2.18. The average molecular weight is 347 g/mol. The number of benzene rings is 1. The first-order valence-corrected chi connectivity index (χ1v) is 7.05. The summed E-state index contributed by atoms with van der Waals surface area (Å²) in [6.45, 7) is 0. The van der Waals surface area contributed by atoms with Crippen LogP contribution in [0.5, 0.6) is 11.8 Å². The molecule has 1 aliphatic carbocycles. The molecule has 7 heteroatoms. The highest BCUT2D eigenvalue weighted by Crippen LogP contribution is 2.35. The van der Waals surface area contributed by atoms with E-state index in [0.717, 1.165) is 12.8 Å². The Hall–Kier alpha value is -1.14. The third-order valence-corrected chi connectivity index (χ3v) is 3.59. The van der Waals surface area contributed by atoms with Gasteiger partial charge in [0.25, 0.3) is 0 Å². The second-order valence-corrected chi connectivity index (χ2v) is 5.55. The zero-order valence-electron chi connectivity index (χ0n) is 9.81. The zero-order chi connectivity index (χ0) is 13.4. The third kappa shape index (κ3) is 2.74. The summed E-state index contributed by atoms with van der Waals surface area (Å²) in [5.74, 6) is -0.137. The molecule has 1 fully saturated rings. The molecular weight excluding hydrogens is 337 g/mol. The molecule has 0 amide bonds. The molecule has 0 spiro atoms. The molecule has 19 heavy (non-hydrogen) atoms. The molecule has 3 rings (SSSR count). The molecular formula is C12H10BrClFN3O. The summed E-state index contributed by atoms with van der Waals surface area (Å²) < 4.78 is 21.0. The van der Waals surface area contributed by atoms with E-state index < -0.39 is 5.82 Å².